The molecule has 7 nitrogen and oxygen atoms in total. The number of carbonyl (C=O) groups is 2. The third kappa shape index (κ3) is 4.88. The summed E-state index contributed by atoms with van der Waals surface area (Å²) < 4.78 is 10.6. The monoisotopic (exact) mass is 442 g/mol. The standard InChI is InChI=1S/C23H23ClN2O5/c1-5-30-21-11-15(6-9-20(21)27)10-17-14(4)25-26(22(17)28)16-7-8-19(24)18(12-16)23(29)31-13(2)3/h6-13,27H,5H2,1-4H3/b17-10-. The molecule has 0 aliphatic carbocycles. The predicted molar refractivity (Wildman–Crippen MR) is 120 cm³/mol. The van der Waals surface area contributed by atoms with E-state index in [4.69, 9.17) is 21.1 Å². The summed E-state index contributed by atoms with van der Waals surface area (Å²) in [6.07, 6.45) is 1.37. The van der Waals surface area contributed by atoms with Crippen molar-refractivity contribution in [2.45, 2.75) is 33.8 Å². The molecule has 0 saturated heterocycles. The van der Waals surface area contributed by atoms with Gasteiger partial charge in [0.05, 0.1) is 40.3 Å². The number of hydrogen-bond donors (Lipinski definition) is 1. The molecule has 8 heteroatoms. The molecule has 1 aliphatic heterocycles. The van der Waals surface area contributed by atoms with Gasteiger partial charge in [0, 0.05) is 0 Å². The van der Waals surface area contributed by atoms with Crippen molar-refractivity contribution in [1.82, 2.24) is 0 Å². The number of amides is 1. The van der Waals surface area contributed by atoms with Crippen LogP contribution in [0.1, 0.15) is 43.6 Å². The number of nitrogens with zero attached hydrogens (tertiary/aromatic N) is 2. The number of esters is 1. The first-order valence-electron chi connectivity index (χ1n) is 9.79. The van der Waals surface area contributed by atoms with Crippen LogP contribution in [-0.2, 0) is 9.53 Å². The van der Waals surface area contributed by atoms with Gasteiger partial charge >= 0.3 is 5.97 Å². The molecule has 2 aromatic carbocycles. The second-order valence-corrected chi connectivity index (χ2v) is 7.55. The molecule has 0 spiro atoms. The number of benzene rings is 2. The van der Waals surface area contributed by atoms with Gasteiger partial charge in [0.2, 0.25) is 0 Å². The maximum absolute atomic E-state index is 13.1. The maximum atomic E-state index is 13.1. The van der Waals surface area contributed by atoms with E-state index in [2.05, 4.69) is 5.10 Å². The fraction of sp³-hybridized carbons (Fsp3) is 0.261. The number of ether oxygens (including phenoxy) is 2. The van der Waals surface area contributed by atoms with E-state index in [1.54, 1.807) is 45.0 Å². The molecule has 0 fully saturated rings. The van der Waals surface area contributed by atoms with Crippen LogP contribution in [-0.4, -0.2) is 35.4 Å². The molecule has 0 bridgehead atoms. The van der Waals surface area contributed by atoms with Crippen LogP contribution >= 0.6 is 11.6 Å². The highest BCUT2D eigenvalue weighted by molar-refractivity contribution is 6.34. The van der Waals surface area contributed by atoms with Crippen LogP contribution in [0.5, 0.6) is 11.5 Å². The minimum atomic E-state index is -0.572. The minimum Gasteiger partial charge on any atom is -0.504 e. The van der Waals surface area contributed by atoms with Crippen LogP contribution in [0, 0.1) is 0 Å². The Balaban J connectivity index is 1.92. The highest BCUT2D eigenvalue weighted by Gasteiger charge is 2.30. The number of hydrazone groups is 1. The molecule has 3 rings (SSSR count). The average Bonchev–Trinajstić information content (AvgIpc) is 2.98. The zero-order valence-electron chi connectivity index (χ0n) is 17.7. The van der Waals surface area contributed by atoms with Crippen molar-refractivity contribution in [2.24, 2.45) is 5.10 Å². The van der Waals surface area contributed by atoms with Gasteiger partial charge in [-0.05, 0) is 69.7 Å². The van der Waals surface area contributed by atoms with E-state index in [0.29, 0.717) is 34.9 Å². The summed E-state index contributed by atoms with van der Waals surface area (Å²) in [6, 6.07) is 9.46. The van der Waals surface area contributed by atoms with Crippen LogP contribution in [0.2, 0.25) is 5.02 Å². The first kappa shape index (κ1) is 22.4. The van der Waals surface area contributed by atoms with Crippen LogP contribution in [0.4, 0.5) is 5.69 Å². The third-order valence-electron chi connectivity index (χ3n) is 4.41. The van der Waals surface area contributed by atoms with Crippen molar-refractivity contribution in [1.29, 1.82) is 0 Å². The van der Waals surface area contributed by atoms with Crippen molar-refractivity contribution in [3.8, 4) is 11.5 Å². The molecule has 1 N–H and O–H groups in total. The number of halogens is 1. The summed E-state index contributed by atoms with van der Waals surface area (Å²) in [5.41, 5.74) is 2.13. The van der Waals surface area contributed by atoms with Crippen molar-refractivity contribution < 1.29 is 24.2 Å². The van der Waals surface area contributed by atoms with Crippen LogP contribution in [0.3, 0.4) is 0 Å². The topological polar surface area (TPSA) is 88.4 Å². The first-order valence-corrected chi connectivity index (χ1v) is 10.2. The van der Waals surface area contributed by atoms with E-state index in [0.717, 1.165) is 0 Å². The lowest BCUT2D eigenvalue weighted by atomic mass is 10.1. The van der Waals surface area contributed by atoms with E-state index >= 15 is 0 Å². The zero-order valence-corrected chi connectivity index (χ0v) is 18.4. The lowest BCUT2D eigenvalue weighted by molar-refractivity contribution is -0.114. The molecule has 162 valence electrons. The van der Waals surface area contributed by atoms with E-state index in [9.17, 15) is 14.7 Å². The summed E-state index contributed by atoms with van der Waals surface area (Å²) in [5, 5.41) is 15.7. The highest BCUT2D eigenvalue weighted by Crippen LogP contribution is 2.31. The van der Waals surface area contributed by atoms with Crippen LogP contribution in [0.15, 0.2) is 47.1 Å². The molecule has 0 atom stereocenters. The Morgan fingerprint density at radius 2 is 2.00 bits per heavy atom. The van der Waals surface area contributed by atoms with Crippen LogP contribution in [0.25, 0.3) is 6.08 Å². The minimum absolute atomic E-state index is 0.0238. The lowest BCUT2D eigenvalue weighted by Gasteiger charge is -2.15. The van der Waals surface area contributed by atoms with E-state index in [1.165, 1.54) is 23.2 Å². The Kier molecular flexibility index (Phi) is 6.65. The summed E-state index contributed by atoms with van der Waals surface area (Å²) in [5.74, 6) is -0.568. The summed E-state index contributed by atoms with van der Waals surface area (Å²) in [4.78, 5) is 25.4. The van der Waals surface area contributed by atoms with Gasteiger partial charge in [0.1, 0.15) is 0 Å². The molecule has 1 heterocycles. The SMILES string of the molecule is CCOc1cc(/C=C2\C(=O)N(c3ccc(Cl)c(C(=O)OC(C)C)c3)N=C2C)ccc1O. The van der Waals surface area contributed by atoms with Gasteiger partial charge in [-0.2, -0.15) is 10.1 Å². The Morgan fingerprint density at radius 1 is 1.26 bits per heavy atom. The quantitative estimate of drug-likeness (QED) is 0.512. The average molecular weight is 443 g/mol. The molecule has 0 radical (unpaired) electrons. The molecule has 0 saturated carbocycles. The van der Waals surface area contributed by atoms with E-state index in [1.807, 2.05) is 6.92 Å². The number of carbonyl (C=O) groups excluding carboxylic acids is 2. The fourth-order valence-corrected chi connectivity index (χ4v) is 3.19. The largest absolute Gasteiger partial charge is 0.504 e. The zero-order chi connectivity index (χ0) is 22.7. The van der Waals surface area contributed by atoms with Gasteiger partial charge in [0.25, 0.3) is 5.91 Å². The number of phenolic OH excluding ortho intramolecular Hbond substituents is 1. The Morgan fingerprint density at radius 3 is 2.68 bits per heavy atom. The molecule has 1 amide bonds. The molecule has 31 heavy (non-hydrogen) atoms. The third-order valence-corrected chi connectivity index (χ3v) is 4.74. The molecule has 2 aromatic rings. The molecule has 1 aliphatic rings. The second-order valence-electron chi connectivity index (χ2n) is 7.14. The molecular weight excluding hydrogens is 420 g/mol. The van der Waals surface area contributed by atoms with Gasteiger partial charge in [0.15, 0.2) is 11.5 Å². The van der Waals surface area contributed by atoms with Crippen molar-refractivity contribution in [3.05, 3.63) is 58.1 Å². The summed E-state index contributed by atoms with van der Waals surface area (Å²) in [6.45, 7) is 7.42. The molecule has 0 unspecified atom stereocenters. The smallest absolute Gasteiger partial charge is 0.339 e. The van der Waals surface area contributed by atoms with Gasteiger partial charge in [-0.15, -0.1) is 0 Å². The summed E-state index contributed by atoms with van der Waals surface area (Å²) >= 11 is 6.15. The number of aromatic hydroxyl groups is 1. The number of rotatable bonds is 6. The van der Waals surface area contributed by atoms with E-state index < -0.39 is 5.97 Å². The van der Waals surface area contributed by atoms with E-state index in [-0.39, 0.29) is 28.3 Å². The number of anilines is 1. The number of hydrogen-bond acceptors (Lipinski definition) is 6. The summed E-state index contributed by atoms with van der Waals surface area (Å²) in [7, 11) is 0. The van der Waals surface area contributed by atoms with Crippen LogP contribution < -0.4 is 9.75 Å². The maximum Gasteiger partial charge on any atom is 0.339 e. The predicted octanol–water partition coefficient (Wildman–Crippen LogP) is 4.82. The second kappa shape index (κ2) is 9.22. The lowest BCUT2D eigenvalue weighted by Crippen LogP contribution is -2.22. The van der Waals surface area contributed by atoms with Gasteiger partial charge in [-0.3, -0.25) is 4.79 Å². The van der Waals surface area contributed by atoms with Crippen molar-refractivity contribution in [3.63, 3.8) is 0 Å². The highest BCUT2D eigenvalue weighted by atomic mass is 35.5. The van der Waals surface area contributed by atoms with Gasteiger partial charge < -0.3 is 14.6 Å². The Bertz CT molecular complexity index is 1090. The molecular formula is C23H23ClN2O5. The first-order chi connectivity index (χ1) is 14.7. The van der Waals surface area contributed by atoms with Gasteiger partial charge in [-0.25, -0.2) is 4.79 Å². The van der Waals surface area contributed by atoms with Gasteiger partial charge in [-0.1, -0.05) is 17.7 Å². The fourth-order valence-electron chi connectivity index (χ4n) is 3.00. The normalized spacial score (nSPS) is 14.9. The number of phenols is 1. The Labute approximate surface area is 185 Å². The molecule has 0 aromatic heterocycles. The Hall–Kier alpha value is -3.32. The van der Waals surface area contributed by atoms with Crippen molar-refractivity contribution in [2.75, 3.05) is 11.6 Å². The van der Waals surface area contributed by atoms with Crippen molar-refractivity contribution >= 4 is 41.0 Å².